The van der Waals surface area contributed by atoms with E-state index < -0.39 is 0 Å². The zero-order chi connectivity index (χ0) is 26.8. The predicted molar refractivity (Wildman–Crippen MR) is 153 cm³/mol. The lowest BCUT2D eigenvalue weighted by Crippen LogP contribution is -2.31. The molecule has 1 amide bonds. The first-order valence-electron chi connectivity index (χ1n) is 12.6. The van der Waals surface area contributed by atoms with E-state index in [1.807, 2.05) is 37.4 Å². The van der Waals surface area contributed by atoms with E-state index in [0.29, 0.717) is 29.1 Å². The molecular formula is C29H33N7O2. The van der Waals surface area contributed by atoms with Crippen LogP contribution in [0.1, 0.15) is 6.42 Å². The summed E-state index contributed by atoms with van der Waals surface area (Å²) in [5.41, 5.74) is 5.18. The Morgan fingerprint density at radius 1 is 1.21 bits per heavy atom. The molecule has 1 fully saturated rings. The number of benzene rings is 2. The molecule has 196 valence electrons. The molecule has 0 spiro atoms. The molecule has 1 saturated heterocycles. The number of rotatable bonds is 8. The minimum absolute atomic E-state index is 0.278. The molecule has 0 saturated carbocycles. The highest BCUT2D eigenvalue weighted by Crippen LogP contribution is 2.40. The first kappa shape index (κ1) is 25.3. The van der Waals surface area contributed by atoms with Gasteiger partial charge in [-0.25, -0.2) is 9.97 Å². The Morgan fingerprint density at radius 2 is 2.03 bits per heavy atom. The number of aryl methyl sites for hydroxylation is 1. The molecule has 5 rings (SSSR count). The predicted octanol–water partition coefficient (Wildman–Crippen LogP) is 4.65. The van der Waals surface area contributed by atoms with Crippen LogP contribution in [0.2, 0.25) is 0 Å². The lowest BCUT2D eigenvalue weighted by molar-refractivity contribution is -0.111. The molecule has 0 unspecified atom stereocenters. The first-order valence-corrected chi connectivity index (χ1v) is 12.6. The van der Waals surface area contributed by atoms with Gasteiger partial charge >= 0.3 is 0 Å². The lowest BCUT2D eigenvalue weighted by atomic mass is 10.1. The quantitative estimate of drug-likeness (QED) is 0.333. The van der Waals surface area contributed by atoms with Crippen molar-refractivity contribution in [2.45, 2.75) is 12.5 Å². The maximum Gasteiger partial charge on any atom is 0.247 e. The molecule has 1 atom stereocenters. The molecule has 3 heterocycles. The summed E-state index contributed by atoms with van der Waals surface area (Å²) in [5.74, 6) is 0.778. The molecule has 0 bridgehead atoms. The highest BCUT2D eigenvalue weighted by atomic mass is 16.5. The Morgan fingerprint density at radius 3 is 2.76 bits per heavy atom. The second kappa shape index (κ2) is 10.5. The number of hydrogen-bond donors (Lipinski definition) is 2. The van der Waals surface area contributed by atoms with Gasteiger partial charge in [0.15, 0.2) is 0 Å². The van der Waals surface area contributed by atoms with E-state index in [2.05, 4.69) is 69.0 Å². The summed E-state index contributed by atoms with van der Waals surface area (Å²) in [6.07, 6.45) is 6.12. The van der Waals surface area contributed by atoms with Crippen molar-refractivity contribution in [2.75, 3.05) is 49.8 Å². The van der Waals surface area contributed by atoms with Crippen LogP contribution in [0.5, 0.6) is 5.75 Å². The van der Waals surface area contributed by atoms with Crippen molar-refractivity contribution < 1.29 is 9.53 Å². The monoisotopic (exact) mass is 511 g/mol. The van der Waals surface area contributed by atoms with Crippen LogP contribution < -0.4 is 20.3 Å². The van der Waals surface area contributed by atoms with E-state index in [-0.39, 0.29) is 5.91 Å². The summed E-state index contributed by atoms with van der Waals surface area (Å²) >= 11 is 0. The Labute approximate surface area is 222 Å². The van der Waals surface area contributed by atoms with E-state index >= 15 is 0 Å². The Kier molecular flexibility index (Phi) is 7.02. The van der Waals surface area contributed by atoms with Gasteiger partial charge in [0, 0.05) is 61.1 Å². The highest BCUT2D eigenvalue weighted by molar-refractivity contribution is 6.02. The van der Waals surface area contributed by atoms with Crippen molar-refractivity contribution in [3.8, 4) is 17.0 Å². The highest BCUT2D eigenvalue weighted by Gasteiger charge is 2.27. The zero-order valence-corrected chi connectivity index (χ0v) is 22.2. The van der Waals surface area contributed by atoms with Crippen LogP contribution in [-0.2, 0) is 11.8 Å². The SMILES string of the molecule is C=CC(=O)Nc1cc(Nc2nccc(-c3cn(C)c4ccccc34)n2)c(OC)cc1N1CC[C@H](N(C)C)C1. The van der Waals surface area contributed by atoms with Gasteiger partial charge in [0.05, 0.1) is 29.9 Å². The number of hydrogen-bond acceptors (Lipinski definition) is 7. The third-order valence-electron chi connectivity index (χ3n) is 7.07. The maximum absolute atomic E-state index is 12.3. The Balaban J connectivity index is 1.50. The molecular weight excluding hydrogens is 478 g/mol. The van der Waals surface area contributed by atoms with Crippen molar-refractivity contribution in [3.05, 3.63) is 67.5 Å². The fourth-order valence-corrected chi connectivity index (χ4v) is 5.00. The summed E-state index contributed by atoms with van der Waals surface area (Å²) < 4.78 is 7.86. The number of carbonyl (C=O) groups is 1. The van der Waals surface area contributed by atoms with E-state index in [0.717, 1.165) is 47.4 Å². The van der Waals surface area contributed by atoms with Crippen LogP contribution in [0.25, 0.3) is 22.2 Å². The van der Waals surface area contributed by atoms with Crippen LogP contribution in [0.15, 0.2) is 67.5 Å². The van der Waals surface area contributed by atoms with Crippen LogP contribution in [-0.4, -0.2) is 65.7 Å². The van der Waals surface area contributed by atoms with Crippen molar-refractivity contribution in [1.29, 1.82) is 0 Å². The van der Waals surface area contributed by atoms with Gasteiger partial charge in [-0.3, -0.25) is 4.79 Å². The molecule has 2 N–H and O–H groups in total. The summed E-state index contributed by atoms with van der Waals surface area (Å²) in [6.45, 7) is 5.35. The van der Waals surface area contributed by atoms with Crippen LogP contribution in [0, 0.1) is 0 Å². The van der Waals surface area contributed by atoms with Crippen molar-refractivity contribution in [2.24, 2.45) is 7.05 Å². The van der Waals surface area contributed by atoms with E-state index in [1.165, 1.54) is 6.08 Å². The summed E-state index contributed by atoms with van der Waals surface area (Å²) in [6, 6.07) is 14.4. The van der Waals surface area contributed by atoms with Crippen LogP contribution in [0.3, 0.4) is 0 Å². The fraction of sp³-hybridized carbons (Fsp3) is 0.276. The van der Waals surface area contributed by atoms with Gasteiger partial charge in [0.1, 0.15) is 5.75 Å². The average molecular weight is 512 g/mol. The van der Waals surface area contributed by atoms with Gasteiger partial charge in [-0.05, 0) is 44.8 Å². The Bertz CT molecular complexity index is 1490. The van der Waals surface area contributed by atoms with Crippen LogP contribution in [0.4, 0.5) is 23.0 Å². The number of carbonyl (C=O) groups excluding carboxylic acids is 1. The number of amides is 1. The average Bonchev–Trinajstić information content (AvgIpc) is 3.55. The molecule has 4 aromatic rings. The number of para-hydroxylation sites is 1. The smallest absolute Gasteiger partial charge is 0.247 e. The molecule has 38 heavy (non-hydrogen) atoms. The van der Waals surface area contributed by atoms with Gasteiger partial charge in [-0.15, -0.1) is 0 Å². The topological polar surface area (TPSA) is 87.5 Å². The number of fused-ring (bicyclic) bond motifs is 1. The molecule has 9 nitrogen and oxygen atoms in total. The molecule has 0 aliphatic carbocycles. The number of nitrogens with zero attached hydrogens (tertiary/aromatic N) is 5. The van der Waals surface area contributed by atoms with Gasteiger partial charge in [0.2, 0.25) is 11.9 Å². The number of nitrogens with one attached hydrogen (secondary N) is 2. The van der Waals surface area contributed by atoms with E-state index in [4.69, 9.17) is 9.72 Å². The van der Waals surface area contributed by atoms with E-state index in [1.54, 1.807) is 13.3 Å². The lowest BCUT2D eigenvalue weighted by Gasteiger charge is -2.25. The second-order valence-corrected chi connectivity index (χ2v) is 9.68. The third-order valence-corrected chi connectivity index (χ3v) is 7.07. The number of anilines is 4. The van der Waals surface area contributed by atoms with Crippen molar-refractivity contribution in [1.82, 2.24) is 19.4 Å². The number of methoxy groups -OCH3 is 1. The standard InChI is InChI=1S/C29H33N7O2/c1-6-28(37)31-23-15-24(27(38-5)16-26(23)36-14-12-19(17-36)34(2)3)33-29-30-13-11-22(32-29)21-18-35(4)25-10-8-7-9-20(21)25/h6-11,13,15-16,18-19H,1,12,14,17H2,2-5H3,(H,31,37)(H,30,32,33)/t19-/m0/s1. The minimum atomic E-state index is -0.278. The van der Waals surface area contributed by atoms with E-state index in [9.17, 15) is 4.79 Å². The minimum Gasteiger partial charge on any atom is -0.494 e. The number of aromatic nitrogens is 3. The molecule has 2 aromatic carbocycles. The van der Waals surface area contributed by atoms with Gasteiger partial charge in [-0.2, -0.15) is 0 Å². The van der Waals surface area contributed by atoms with Gasteiger partial charge < -0.3 is 29.7 Å². The summed E-state index contributed by atoms with van der Waals surface area (Å²) in [7, 11) is 7.84. The number of ether oxygens (including phenoxy) is 1. The number of likely N-dealkylation sites (N-methyl/N-ethyl adjacent to an activating group) is 1. The van der Waals surface area contributed by atoms with Crippen molar-refractivity contribution >= 4 is 39.8 Å². The van der Waals surface area contributed by atoms with Crippen molar-refractivity contribution in [3.63, 3.8) is 0 Å². The molecule has 1 aliphatic rings. The van der Waals surface area contributed by atoms with Gasteiger partial charge in [-0.1, -0.05) is 24.8 Å². The molecule has 1 aliphatic heterocycles. The summed E-state index contributed by atoms with van der Waals surface area (Å²) in [4.78, 5) is 26.1. The third kappa shape index (κ3) is 4.92. The van der Waals surface area contributed by atoms with Gasteiger partial charge in [0.25, 0.3) is 0 Å². The first-order chi connectivity index (χ1) is 18.4. The second-order valence-electron chi connectivity index (χ2n) is 9.68. The maximum atomic E-state index is 12.3. The normalized spacial score (nSPS) is 15.2. The largest absolute Gasteiger partial charge is 0.494 e. The molecule has 9 heteroatoms. The Hall–Kier alpha value is -4.37. The molecule has 2 aromatic heterocycles. The van der Waals surface area contributed by atoms with Crippen LogP contribution >= 0.6 is 0 Å². The fourth-order valence-electron chi connectivity index (χ4n) is 5.00. The molecule has 0 radical (unpaired) electrons. The zero-order valence-electron chi connectivity index (χ0n) is 22.2. The summed E-state index contributed by atoms with van der Waals surface area (Å²) in [5, 5.41) is 7.40.